The van der Waals surface area contributed by atoms with Gasteiger partial charge in [0.25, 0.3) is 0 Å². The van der Waals surface area contributed by atoms with Crippen molar-refractivity contribution in [1.82, 2.24) is 4.90 Å². The zero-order chi connectivity index (χ0) is 12.5. The first-order chi connectivity index (χ1) is 8.03. The molecule has 1 fully saturated rings. The van der Waals surface area contributed by atoms with Gasteiger partial charge >= 0.3 is 0 Å². The van der Waals surface area contributed by atoms with Crippen LogP contribution < -0.4 is 0 Å². The Morgan fingerprint density at radius 2 is 2.24 bits per heavy atom. The maximum atomic E-state index is 12.2. The van der Waals surface area contributed by atoms with Crippen LogP contribution in [-0.4, -0.2) is 29.3 Å². The summed E-state index contributed by atoms with van der Waals surface area (Å²) in [7, 11) is 0. The highest BCUT2D eigenvalue weighted by Gasteiger charge is 2.33. The third-order valence-corrected chi connectivity index (χ3v) is 4.96. The molecule has 2 heterocycles. The van der Waals surface area contributed by atoms with Crippen molar-refractivity contribution in [1.29, 1.82) is 0 Å². The molecular weight excluding hydrogens is 230 g/mol. The van der Waals surface area contributed by atoms with Gasteiger partial charge < -0.3 is 0 Å². The van der Waals surface area contributed by atoms with Gasteiger partial charge in [-0.3, -0.25) is 9.69 Å². The van der Waals surface area contributed by atoms with Gasteiger partial charge in [-0.15, -0.1) is 11.3 Å². The fourth-order valence-corrected chi connectivity index (χ4v) is 3.30. The smallest absolute Gasteiger partial charge is 0.186 e. The van der Waals surface area contributed by atoms with Crippen molar-refractivity contribution in [2.75, 3.05) is 13.1 Å². The summed E-state index contributed by atoms with van der Waals surface area (Å²) in [6, 6.07) is 4.06. The first-order valence-electron chi connectivity index (χ1n) is 6.40. The maximum Gasteiger partial charge on any atom is 0.186 e. The predicted molar refractivity (Wildman–Crippen MR) is 72.9 cm³/mol. The van der Waals surface area contributed by atoms with E-state index >= 15 is 0 Å². The molecule has 0 aliphatic carbocycles. The van der Waals surface area contributed by atoms with Crippen LogP contribution in [0, 0.1) is 0 Å². The van der Waals surface area contributed by atoms with Crippen molar-refractivity contribution >= 4 is 17.1 Å². The minimum Gasteiger partial charge on any atom is -0.292 e. The molecule has 0 saturated carbocycles. The van der Waals surface area contributed by atoms with Gasteiger partial charge in [-0.25, -0.2) is 0 Å². The molecule has 1 aromatic heterocycles. The highest BCUT2D eigenvalue weighted by atomic mass is 32.1. The standard InChI is InChI=1S/C14H21NOS/c1-4-11-6-7-13(17-11)12(16)10-15-9-5-8-14(15,2)3/h6-7H,4-5,8-10H2,1-3H3. The van der Waals surface area contributed by atoms with Crippen LogP contribution in [0.5, 0.6) is 0 Å². The lowest BCUT2D eigenvalue weighted by atomic mass is 10.0. The molecule has 1 saturated heterocycles. The lowest BCUT2D eigenvalue weighted by molar-refractivity contribution is 0.0875. The molecule has 1 aliphatic rings. The van der Waals surface area contributed by atoms with Crippen LogP contribution in [0.3, 0.4) is 0 Å². The number of carbonyl (C=O) groups excluding carboxylic acids is 1. The van der Waals surface area contributed by atoms with Gasteiger partial charge in [0, 0.05) is 10.4 Å². The number of nitrogens with zero attached hydrogens (tertiary/aromatic N) is 1. The van der Waals surface area contributed by atoms with E-state index < -0.39 is 0 Å². The normalized spacial score (nSPS) is 19.7. The molecule has 1 aromatic rings. The van der Waals surface area contributed by atoms with Gasteiger partial charge in [0.1, 0.15) is 0 Å². The number of carbonyl (C=O) groups is 1. The first kappa shape index (κ1) is 12.8. The van der Waals surface area contributed by atoms with Crippen LogP contribution in [0.15, 0.2) is 12.1 Å². The Morgan fingerprint density at radius 1 is 1.47 bits per heavy atom. The quantitative estimate of drug-likeness (QED) is 0.765. The zero-order valence-corrected chi connectivity index (χ0v) is 11.8. The highest BCUT2D eigenvalue weighted by Crippen LogP contribution is 2.28. The Morgan fingerprint density at radius 3 is 2.76 bits per heavy atom. The molecule has 0 spiro atoms. The lowest BCUT2D eigenvalue weighted by Gasteiger charge is -2.30. The number of thiophene rings is 1. The summed E-state index contributed by atoms with van der Waals surface area (Å²) in [6.45, 7) is 8.24. The van der Waals surface area contributed by atoms with Crippen LogP contribution in [0.25, 0.3) is 0 Å². The van der Waals surface area contributed by atoms with Gasteiger partial charge in [0.2, 0.25) is 0 Å². The van der Waals surface area contributed by atoms with E-state index in [9.17, 15) is 4.79 Å². The summed E-state index contributed by atoms with van der Waals surface area (Å²) in [5.74, 6) is 0.282. The molecular formula is C14H21NOS. The largest absolute Gasteiger partial charge is 0.292 e. The van der Waals surface area contributed by atoms with E-state index in [4.69, 9.17) is 0 Å². The van der Waals surface area contributed by atoms with Crippen molar-refractivity contribution < 1.29 is 4.79 Å². The number of likely N-dealkylation sites (tertiary alicyclic amines) is 1. The number of rotatable bonds is 4. The number of ketones is 1. The molecule has 0 unspecified atom stereocenters. The van der Waals surface area contributed by atoms with Crippen molar-refractivity contribution in [2.24, 2.45) is 0 Å². The monoisotopic (exact) mass is 251 g/mol. The number of Topliss-reactive ketones (excluding diaryl/α,β-unsaturated/α-hetero) is 1. The molecule has 3 heteroatoms. The minimum absolute atomic E-state index is 0.195. The molecule has 1 aliphatic heterocycles. The first-order valence-corrected chi connectivity index (χ1v) is 7.21. The maximum absolute atomic E-state index is 12.2. The molecule has 0 amide bonds. The van der Waals surface area contributed by atoms with Gasteiger partial charge in [-0.1, -0.05) is 6.92 Å². The van der Waals surface area contributed by atoms with Crippen LogP contribution >= 0.6 is 11.3 Å². The molecule has 17 heavy (non-hydrogen) atoms. The second-order valence-electron chi connectivity index (χ2n) is 5.38. The second kappa shape index (κ2) is 4.91. The molecule has 0 radical (unpaired) electrons. The van der Waals surface area contributed by atoms with Gasteiger partial charge in [-0.2, -0.15) is 0 Å². The predicted octanol–water partition coefficient (Wildman–Crippen LogP) is 3.37. The van der Waals surface area contributed by atoms with Gasteiger partial charge in [0.15, 0.2) is 5.78 Å². The molecule has 0 N–H and O–H groups in total. The fraction of sp³-hybridized carbons (Fsp3) is 0.643. The number of hydrogen-bond acceptors (Lipinski definition) is 3. The van der Waals surface area contributed by atoms with Gasteiger partial charge in [-0.05, 0) is 51.8 Å². The molecule has 0 aromatic carbocycles. The van der Waals surface area contributed by atoms with Crippen LogP contribution in [0.1, 0.15) is 48.2 Å². The van der Waals surface area contributed by atoms with E-state index in [1.165, 1.54) is 17.7 Å². The summed E-state index contributed by atoms with van der Waals surface area (Å²) < 4.78 is 0. The Bertz CT molecular complexity index is 408. The number of hydrogen-bond donors (Lipinski definition) is 0. The van der Waals surface area contributed by atoms with E-state index in [-0.39, 0.29) is 11.3 Å². The van der Waals surface area contributed by atoms with Crippen molar-refractivity contribution in [3.8, 4) is 0 Å². The topological polar surface area (TPSA) is 20.3 Å². The molecule has 0 atom stereocenters. The van der Waals surface area contributed by atoms with E-state index in [2.05, 4.69) is 31.7 Å². The van der Waals surface area contributed by atoms with E-state index in [1.807, 2.05) is 6.07 Å². The molecule has 94 valence electrons. The summed E-state index contributed by atoms with van der Waals surface area (Å²) in [5.41, 5.74) is 0.195. The third kappa shape index (κ3) is 2.78. The van der Waals surface area contributed by atoms with Crippen LogP contribution in [0.2, 0.25) is 0 Å². The Labute approximate surface area is 108 Å². The third-order valence-electron chi connectivity index (χ3n) is 3.69. The zero-order valence-electron chi connectivity index (χ0n) is 11.0. The fourth-order valence-electron chi connectivity index (χ4n) is 2.43. The average molecular weight is 251 g/mol. The summed E-state index contributed by atoms with van der Waals surface area (Å²) in [4.78, 5) is 16.7. The minimum atomic E-state index is 0.195. The molecule has 2 nitrogen and oxygen atoms in total. The SMILES string of the molecule is CCc1ccc(C(=O)CN2CCCC2(C)C)s1. The Balaban J connectivity index is 2.02. The van der Waals surface area contributed by atoms with Crippen molar-refractivity contribution in [3.63, 3.8) is 0 Å². The van der Waals surface area contributed by atoms with E-state index in [0.29, 0.717) is 6.54 Å². The Hall–Kier alpha value is -0.670. The van der Waals surface area contributed by atoms with Crippen molar-refractivity contribution in [3.05, 3.63) is 21.9 Å². The molecule has 0 bridgehead atoms. The van der Waals surface area contributed by atoms with E-state index in [1.54, 1.807) is 11.3 Å². The highest BCUT2D eigenvalue weighted by molar-refractivity contribution is 7.14. The lowest BCUT2D eigenvalue weighted by Crippen LogP contribution is -2.41. The summed E-state index contributed by atoms with van der Waals surface area (Å²) in [5, 5.41) is 0. The van der Waals surface area contributed by atoms with E-state index in [0.717, 1.165) is 17.8 Å². The summed E-state index contributed by atoms with van der Waals surface area (Å²) in [6.07, 6.45) is 3.43. The Kier molecular flexibility index (Phi) is 3.69. The summed E-state index contributed by atoms with van der Waals surface area (Å²) >= 11 is 1.65. The van der Waals surface area contributed by atoms with Gasteiger partial charge in [0.05, 0.1) is 11.4 Å². The van der Waals surface area contributed by atoms with Crippen molar-refractivity contribution in [2.45, 2.75) is 45.6 Å². The van der Waals surface area contributed by atoms with Crippen LogP contribution in [0.4, 0.5) is 0 Å². The second-order valence-corrected chi connectivity index (χ2v) is 6.55. The average Bonchev–Trinajstić information content (AvgIpc) is 2.86. The molecule has 2 rings (SSSR count). The number of aryl methyl sites for hydroxylation is 1. The van der Waals surface area contributed by atoms with Crippen LogP contribution in [-0.2, 0) is 6.42 Å².